The predicted molar refractivity (Wildman–Crippen MR) is 142 cm³/mol. The number of anilines is 2. The van der Waals surface area contributed by atoms with Crippen molar-refractivity contribution < 1.29 is 10.2 Å². The monoisotopic (exact) mass is 452 g/mol. The Bertz CT molecular complexity index is 1230. The van der Waals surface area contributed by atoms with Gasteiger partial charge in [-0.25, -0.2) is 0 Å². The summed E-state index contributed by atoms with van der Waals surface area (Å²) in [6.45, 7) is 0. The SMILES string of the molecule is CN(C)c1ccc(-c2ccc(O)c(C(O)(Cc3ccccc3)c3ccc(N(C)C)cc3)c2)cc1. The number of hydrogen-bond donors (Lipinski definition) is 2. The third-order valence-corrected chi connectivity index (χ3v) is 6.32. The fourth-order valence-electron chi connectivity index (χ4n) is 4.28. The van der Waals surface area contributed by atoms with E-state index < -0.39 is 5.60 Å². The summed E-state index contributed by atoms with van der Waals surface area (Å²) >= 11 is 0. The molecular formula is C30H32N2O2. The molecule has 0 aliphatic carbocycles. The molecule has 0 spiro atoms. The van der Waals surface area contributed by atoms with Crippen molar-refractivity contribution in [2.45, 2.75) is 12.0 Å². The quantitative estimate of drug-likeness (QED) is 0.379. The molecule has 0 aliphatic heterocycles. The van der Waals surface area contributed by atoms with Crippen molar-refractivity contribution >= 4 is 11.4 Å². The minimum absolute atomic E-state index is 0.0729. The molecule has 4 aromatic rings. The normalized spacial score (nSPS) is 12.7. The van der Waals surface area contributed by atoms with Gasteiger partial charge in [0, 0.05) is 51.5 Å². The van der Waals surface area contributed by atoms with Crippen LogP contribution in [0.3, 0.4) is 0 Å². The minimum Gasteiger partial charge on any atom is -0.508 e. The van der Waals surface area contributed by atoms with Crippen LogP contribution in [0.1, 0.15) is 16.7 Å². The van der Waals surface area contributed by atoms with Gasteiger partial charge in [-0.15, -0.1) is 0 Å². The number of phenolic OH excluding ortho intramolecular Hbond substituents is 1. The standard InChI is InChI=1S/C30H32N2O2/c1-31(2)26-15-10-23(11-16-26)24-12-19-29(33)28(20-24)30(34,21-22-8-6-5-7-9-22)25-13-17-27(18-14-25)32(3)4/h5-20,33-34H,21H2,1-4H3. The minimum atomic E-state index is -1.41. The Labute approximate surface area is 202 Å². The van der Waals surface area contributed by atoms with Crippen molar-refractivity contribution in [1.82, 2.24) is 0 Å². The van der Waals surface area contributed by atoms with E-state index in [4.69, 9.17) is 0 Å². The van der Waals surface area contributed by atoms with E-state index in [1.807, 2.05) is 99.8 Å². The first kappa shape index (κ1) is 23.4. The molecule has 0 saturated heterocycles. The summed E-state index contributed by atoms with van der Waals surface area (Å²) in [4.78, 5) is 4.08. The predicted octanol–water partition coefficient (Wildman–Crippen LogP) is 5.67. The summed E-state index contributed by atoms with van der Waals surface area (Å²) in [5.74, 6) is 0.0729. The highest BCUT2D eigenvalue weighted by Gasteiger charge is 2.35. The van der Waals surface area contributed by atoms with Crippen LogP contribution in [0.4, 0.5) is 11.4 Å². The Morgan fingerprint density at radius 1 is 0.647 bits per heavy atom. The molecule has 0 saturated carbocycles. The van der Waals surface area contributed by atoms with E-state index in [1.54, 1.807) is 6.07 Å². The molecule has 0 aromatic heterocycles. The van der Waals surface area contributed by atoms with Crippen LogP contribution in [0, 0.1) is 0 Å². The van der Waals surface area contributed by atoms with Crippen LogP contribution >= 0.6 is 0 Å². The van der Waals surface area contributed by atoms with Gasteiger partial charge in [0.05, 0.1) is 0 Å². The molecule has 2 N–H and O–H groups in total. The zero-order chi connectivity index (χ0) is 24.3. The molecule has 4 nitrogen and oxygen atoms in total. The van der Waals surface area contributed by atoms with Gasteiger partial charge in [0.15, 0.2) is 0 Å². The van der Waals surface area contributed by atoms with Gasteiger partial charge in [0.25, 0.3) is 0 Å². The molecule has 4 heteroatoms. The van der Waals surface area contributed by atoms with Gasteiger partial charge in [-0.05, 0) is 58.7 Å². The fourth-order valence-corrected chi connectivity index (χ4v) is 4.28. The summed E-state index contributed by atoms with van der Waals surface area (Å²) in [6, 6.07) is 31.5. The van der Waals surface area contributed by atoms with Gasteiger partial charge < -0.3 is 20.0 Å². The third-order valence-electron chi connectivity index (χ3n) is 6.32. The van der Waals surface area contributed by atoms with Gasteiger partial charge in [-0.1, -0.05) is 60.7 Å². The van der Waals surface area contributed by atoms with Crippen LogP contribution in [0.15, 0.2) is 97.1 Å². The van der Waals surface area contributed by atoms with Gasteiger partial charge in [0.2, 0.25) is 0 Å². The summed E-state index contributed by atoms with van der Waals surface area (Å²) < 4.78 is 0. The number of aliphatic hydroxyl groups is 1. The summed E-state index contributed by atoms with van der Waals surface area (Å²) in [6.07, 6.45) is 0.339. The van der Waals surface area contributed by atoms with Crippen molar-refractivity contribution in [3.8, 4) is 16.9 Å². The Hall–Kier alpha value is -3.76. The second kappa shape index (κ2) is 9.62. The molecule has 0 amide bonds. The van der Waals surface area contributed by atoms with Gasteiger partial charge in [0.1, 0.15) is 11.4 Å². The Morgan fingerprint density at radius 3 is 1.74 bits per heavy atom. The second-order valence-corrected chi connectivity index (χ2v) is 9.14. The molecule has 0 heterocycles. The van der Waals surface area contributed by atoms with E-state index >= 15 is 0 Å². The molecule has 174 valence electrons. The largest absolute Gasteiger partial charge is 0.508 e. The Morgan fingerprint density at radius 2 is 1.18 bits per heavy atom. The lowest BCUT2D eigenvalue weighted by atomic mass is 9.80. The number of benzene rings is 4. The van der Waals surface area contributed by atoms with Crippen molar-refractivity contribution in [3.05, 3.63) is 114 Å². The van der Waals surface area contributed by atoms with Crippen LogP contribution in [0.2, 0.25) is 0 Å². The Balaban J connectivity index is 1.83. The van der Waals surface area contributed by atoms with Crippen molar-refractivity contribution in [2.75, 3.05) is 38.0 Å². The van der Waals surface area contributed by atoms with Crippen LogP contribution in [0.5, 0.6) is 5.75 Å². The molecular weight excluding hydrogens is 420 g/mol. The van der Waals surface area contributed by atoms with Crippen LogP contribution in [-0.4, -0.2) is 38.4 Å². The molecule has 0 radical (unpaired) electrons. The lowest BCUT2D eigenvalue weighted by Gasteiger charge is -2.31. The molecule has 0 fully saturated rings. The molecule has 0 bridgehead atoms. The lowest BCUT2D eigenvalue weighted by Crippen LogP contribution is -2.30. The topological polar surface area (TPSA) is 46.9 Å². The highest BCUT2D eigenvalue weighted by molar-refractivity contribution is 5.69. The van der Waals surface area contributed by atoms with Crippen molar-refractivity contribution in [3.63, 3.8) is 0 Å². The molecule has 4 aromatic carbocycles. The van der Waals surface area contributed by atoms with Crippen molar-refractivity contribution in [2.24, 2.45) is 0 Å². The number of hydrogen-bond acceptors (Lipinski definition) is 4. The Kier molecular flexibility index (Phi) is 6.62. The number of aromatic hydroxyl groups is 1. The van der Waals surface area contributed by atoms with E-state index in [0.29, 0.717) is 12.0 Å². The highest BCUT2D eigenvalue weighted by Crippen LogP contribution is 2.40. The zero-order valence-corrected chi connectivity index (χ0v) is 20.2. The van der Waals surface area contributed by atoms with Crippen molar-refractivity contribution in [1.29, 1.82) is 0 Å². The maximum Gasteiger partial charge on any atom is 0.122 e. The number of phenols is 1. The van der Waals surface area contributed by atoms with E-state index in [9.17, 15) is 10.2 Å². The van der Waals surface area contributed by atoms with Gasteiger partial charge in [-0.2, -0.15) is 0 Å². The maximum atomic E-state index is 12.2. The van der Waals surface area contributed by atoms with Crippen LogP contribution in [-0.2, 0) is 12.0 Å². The molecule has 4 rings (SSSR count). The number of nitrogens with zero attached hydrogens (tertiary/aromatic N) is 2. The number of rotatable bonds is 7. The second-order valence-electron chi connectivity index (χ2n) is 9.14. The van der Waals surface area contributed by atoms with Gasteiger partial charge in [-0.3, -0.25) is 0 Å². The molecule has 0 aliphatic rings. The molecule has 1 atom stereocenters. The highest BCUT2D eigenvalue weighted by atomic mass is 16.3. The molecule has 1 unspecified atom stereocenters. The summed E-state index contributed by atoms with van der Waals surface area (Å²) in [5, 5.41) is 23.2. The average molecular weight is 453 g/mol. The average Bonchev–Trinajstić information content (AvgIpc) is 2.85. The van der Waals surface area contributed by atoms with E-state index in [2.05, 4.69) is 29.2 Å². The summed E-state index contributed by atoms with van der Waals surface area (Å²) in [5.41, 5.74) is 4.93. The lowest BCUT2D eigenvalue weighted by molar-refractivity contribution is 0.0784. The van der Waals surface area contributed by atoms with E-state index in [-0.39, 0.29) is 5.75 Å². The molecule has 34 heavy (non-hydrogen) atoms. The smallest absolute Gasteiger partial charge is 0.122 e. The van der Waals surface area contributed by atoms with E-state index in [1.165, 1.54) is 0 Å². The first-order valence-corrected chi connectivity index (χ1v) is 11.4. The fraction of sp³-hybridized carbons (Fsp3) is 0.200. The maximum absolute atomic E-state index is 12.2. The first-order chi connectivity index (χ1) is 16.3. The summed E-state index contributed by atoms with van der Waals surface area (Å²) in [7, 11) is 8.00. The van der Waals surface area contributed by atoms with E-state index in [0.717, 1.165) is 33.6 Å². The zero-order valence-electron chi connectivity index (χ0n) is 20.2. The van der Waals surface area contributed by atoms with Crippen LogP contribution in [0.25, 0.3) is 11.1 Å². The van der Waals surface area contributed by atoms with Crippen LogP contribution < -0.4 is 9.80 Å². The first-order valence-electron chi connectivity index (χ1n) is 11.4. The van der Waals surface area contributed by atoms with Gasteiger partial charge >= 0.3 is 0 Å². The third kappa shape index (κ3) is 4.78.